The molecule has 1 aromatic heterocycles. The Morgan fingerprint density at radius 3 is 2.60 bits per heavy atom. The quantitative estimate of drug-likeness (QED) is 0.931. The van der Waals surface area contributed by atoms with Gasteiger partial charge in [-0.05, 0) is 52.0 Å². The number of ether oxygens (including phenoxy) is 1. The molecule has 0 unspecified atom stereocenters. The molecule has 2 aromatic rings. The van der Waals surface area contributed by atoms with Gasteiger partial charge in [-0.3, -0.25) is 9.48 Å². The second-order valence-electron chi connectivity index (χ2n) is 7.47. The summed E-state index contributed by atoms with van der Waals surface area (Å²) in [6.07, 6.45) is 3.62. The number of amides is 1. The highest BCUT2D eigenvalue weighted by Crippen LogP contribution is 2.21. The molecule has 25 heavy (non-hydrogen) atoms. The number of nitrogens with one attached hydrogen (secondary N) is 1. The predicted molar refractivity (Wildman–Crippen MR) is 99.2 cm³/mol. The van der Waals surface area contributed by atoms with Crippen molar-refractivity contribution in [1.29, 1.82) is 0 Å². The molecule has 1 aromatic carbocycles. The smallest absolute Gasteiger partial charge is 0.258 e. The van der Waals surface area contributed by atoms with E-state index in [-0.39, 0.29) is 17.6 Å². The number of benzene rings is 1. The van der Waals surface area contributed by atoms with Gasteiger partial charge in [-0.25, -0.2) is 0 Å². The minimum Gasteiger partial charge on any atom is -0.375 e. The normalized spacial score (nSPS) is 18.2. The zero-order valence-electron chi connectivity index (χ0n) is 15.3. The summed E-state index contributed by atoms with van der Waals surface area (Å²) in [5, 5.41) is 7.20. The molecule has 1 aliphatic heterocycles. The van der Waals surface area contributed by atoms with Crippen LogP contribution < -0.4 is 10.2 Å². The fourth-order valence-electron chi connectivity index (χ4n) is 2.82. The molecule has 0 spiro atoms. The third-order valence-corrected chi connectivity index (χ3v) is 4.26. The second kappa shape index (κ2) is 6.88. The molecule has 1 N–H and O–H groups in total. The van der Waals surface area contributed by atoms with Gasteiger partial charge in [-0.2, -0.15) is 5.10 Å². The summed E-state index contributed by atoms with van der Waals surface area (Å²) in [7, 11) is 0. The van der Waals surface area contributed by atoms with Gasteiger partial charge in [0.25, 0.3) is 5.91 Å². The topological polar surface area (TPSA) is 59.4 Å². The fraction of sp³-hybridized carbons (Fsp3) is 0.474. The lowest BCUT2D eigenvalue weighted by Gasteiger charge is -2.33. The maximum atomic E-state index is 12.4. The molecule has 0 radical (unpaired) electrons. The highest BCUT2D eigenvalue weighted by molar-refractivity contribution is 6.04. The largest absolute Gasteiger partial charge is 0.375 e. The van der Waals surface area contributed by atoms with Gasteiger partial charge in [0.05, 0.1) is 30.0 Å². The number of hydrogen-bond donors (Lipinski definition) is 1. The Labute approximate surface area is 148 Å². The Morgan fingerprint density at radius 1 is 1.28 bits per heavy atom. The highest BCUT2D eigenvalue weighted by atomic mass is 16.5. The molecular weight excluding hydrogens is 316 g/mol. The van der Waals surface area contributed by atoms with Gasteiger partial charge in [-0.15, -0.1) is 0 Å². The zero-order chi connectivity index (χ0) is 18.0. The van der Waals surface area contributed by atoms with E-state index in [1.165, 1.54) is 0 Å². The summed E-state index contributed by atoms with van der Waals surface area (Å²) in [6.45, 7) is 10.8. The minimum atomic E-state index is -0.150. The molecular formula is C19H26N4O2. The van der Waals surface area contributed by atoms with Crippen LogP contribution in [0.25, 0.3) is 0 Å². The zero-order valence-corrected chi connectivity index (χ0v) is 15.3. The van der Waals surface area contributed by atoms with E-state index in [9.17, 15) is 4.79 Å². The van der Waals surface area contributed by atoms with E-state index < -0.39 is 0 Å². The molecule has 0 saturated carbocycles. The fourth-order valence-corrected chi connectivity index (χ4v) is 2.82. The molecule has 1 fully saturated rings. The molecule has 1 atom stereocenters. The third-order valence-electron chi connectivity index (χ3n) is 4.26. The number of carbonyl (C=O) groups excluding carboxylic acids is 1. The molecule has 1 amide bonds. The van der Waals surface area contributed by atoms with E-state index >= 15 is 0 Å². The van der Waals surface area contributed by atoms with Gasteiger partial charge in [-0.1, -0.05) is 0 Å². The lowest BCUT2D eigenvalue weighted by molar-refractivity contribution is 0.0532. The number of rotatable bonds is 3. The first kappa shape index (κ1) is 17.5. The number of carbonyl (C=O) groups is 1. The number of anilines is 2. The van der Waals surface area contributed by atoms with Crippen molar-refractivity contribution in [2.45, 2.75) is 39.3 Å². The van der Waals surface area contributed by atoms with Crippen LogP contribution in [0.15, 0.2) is 36.7 Å². The van der Waals surface area contributed by atoms with Gasteiger partial charge in [0.1, 0.15) is 0 Å². The van der Waals surface area contributed by atoms with Gasteiger partial charge in [0.15, 0.2) is 0 Å². The van der Waals surface area contributed by atoms with E-state index in [2.05, 4.69) is 22.2 Å². The van der Waals surface area contributed by atoms with E-state index in [0.717, 1.165) is 31.1 Å². The van der Waals surface area contributed by atoms with Crippen LogP contribution in [0.3, 0.4) is 0 Å². The van der Waals surface area contributed by atoms with Crippen molar-refractivity contribution in [2.75, 3.05) is 29.9 Å². The highest BCUT2D eigenvalue weighted by Gasteiger charge is 2.18. The summed E-state index contributed by atoms with van der Waals surface area (Å²) in [5.74, 6) is -0.150. The summed E-state index contributed by atoms with van der Waals surface area (Å²) < 4.78 is 7.37. The average molecular weight is 342 g/mol. The van der Waals surface area contributed by atoms with Gasteiger partial charge in [0.2, 0.25) is 0 Å². The monoisotopic (exact) mass is 342 g/mol. The lowest BCUT2D eigenvalue weighted by Crippen LogP contribution is -2.41. The van der Waals surface area contributed by atoms with E-state index in [0.29, 0.717) is 5.56 Å². The summed E-state index contributed by atoms with van der Waals surface area (Å²) >= 11 is 0. The van der Waals surface area contributed by atoms with Crippen LogP contribution in [-0.2, 0) is 10.3 Å². The Hall–Kier alpha value is -2.34. The number of morpholine rings is 1. The molecule has 6 heteroatoms. The van der Waals surface area contributed by atoms with Crippen molar-refractivity contribution in [3.63, 3.8) is 0 Å². The van der Waals surface area contributed by atoms with Crippen LogP contribution in [0, 0.1) is 0 Å². The van der Waals surface area contributed by atoms with Crippen LogP contribution in [0.1, 0.15) is 38.1 Å². The van der Waals surface area contributed by atoms with Crippen LogP contribution in [0.4, 0.5) is 11.4 Å². The van der Waals surface area contributed by atoms with Crippen molar-refractivity contribution >= 4 is 17.3 Å². The Bertz CT molecular complexity index is 731. The van der Waals surface area contributed by atoms with Gasteiger partial charge < -0.3 is 15.0 Å². The van der Waals surface area contributed by atoms with Crippen LogP contribution in [0.2, 0.25) is 0 Å². The second-order valence-corrected chi connectivity index (χ2v) is 7.47. The number of hydrogen-bond acceptors (Lipinski definition) is 4. The predicted octanol–water partition coefficient (Wildman–Crippen LogP) is 3.12. The summed E-state index contributed by atoms with van der Waals surface area (Å²) in [5.41, 5.74) is 2.34. The molecule has 6 nitrogen and oxygen atoms in total. The molecule has 1 saturated heterocycles. The molecule has 2 heterocycles. The first-order valence-electron chi connectivity index (χ1n) is 8.66. The van der Waals surface area contributed by atoms with Crippen molar-refractivity contribution < 1.29 is 9.53 Å². The minimum absolute atomic E-state index is 0.143. The Balaban J connectivity index is 1.65. The van der Waals surface area contributed by atoms with Crippen molar-refractivity contribution in [3.05, 3.63) is 42.2 Å². The molecule has 0 bridgehead atoms. The first-order valence-corrected chi connectivity index (χ1v) is 8.66. The molecule has 3 rings (SSSR count). The Morgan fingerprint density at radius 2 is 2.00 bits per heavy atom. The molecule has 134 valence electrons. The van der Waals surface area contributed by atoms with Crippen LogP contribution >= 0.6 is 0 Å². The number of nitrogens with zero attached hydrogens (tertiary/aromatic N) is 3. The van der Waals surface area contributed by atoms with E-state index in [4.69, 9.17) is 4.74 Å². The summed E-state index contributed by atoms with van der Waals surface area (Å²) in [4.78, 5) is 14.7. The van der Waals surface area contributed by atoms with Crippen molar-refractivity contribution in [1.82, 2.24) is 9.78 Å². The van der Waals surface area contributed by atoms with Gasteiger partial charge >= 0.3 is 0 Å². The van der Waals surface area contributed by atoms with E-state index in [1.54, 1.807) is 17.1 Å². The standard InChI is InChI=1S/C19H26N4O2/c1-14-12-22(9-10-25-14)17-7-5-16(6-8-17)21-18(24)15-11-20-23(13-15)19(2,3)4/h5-8,11,13-14H,9-10,12H2,1-4H3,(H,21,24)/t14-/m1/s1. The van der Waals surface area contributed by atoms with Crippen LogP contribution in [-0.4, -0.2) is 41.5 Å². The van der Waals surface area contributed by atoms with Crippen molar-refractivity contribution in [2.24, 2.45) is 0 Å². The third kappa shape index (κ3) is 4.20. The van der Waals surface area contributed by atoms with Gasteiger partial charge in [0, 0.05) is 30.7 Å². The molecule has 0 aliphatic carbocycles. The van der Waals surface area contributed by atoms with Crippen LogP contribution in [0.5, 0.6) is 0 Å². The molecule has 1 aliphatic rings. The summed E-state index contributed by atoms with van der Waals surface area (Å²) in [6, 6.07) is 7.93. The lowest BCUT2D eigenvalue weighted by atomic mass is 10.1. The first-order chi connectivity index (χ1) is 11.8. The van der Waals surface area contributed by atoms with Crippen molar-refractivity contribution in [3.8, 4) is 0 Å². The SMILES string of the molecule is C[C@@H]1CN(c2ccc(NC(=O)c3cnn(C(C)(C)C)c3)cc2)CCO1. The maximum absolute atomic E-state index is 12.4. The number of aromatic nitrogens is 2. The van der Waals surface area contributed by atoms with E-state index in [1.807, 2.05) is 45.0 Å². The average Bonchev–Trinajstić information content (AvgIpc) is 3.06. The Kier molecular flexibility index (Phi) is 4.81. The maximum Gasteiger partial charge on any atom is 0.258 e.